The van der Waals surface area contributed by atoms with E-state index in [9.17, 15) is 18.8 Å². The van der Waals surface area contributed by atoms with Gasteiger partial charge >= 0.3 is 0 Å². The van der Waals surface area contributed by atoms with Gasteiger partial charge < -0.3 is 16.4 Å². The molecule has 1 saturated carbocycles. The van der Waals surface area contributed by atoms with Gasteiger partial charge in [0.25, 0.3) is 11.8 Å². The minimum Gasteiger partial charge on any atom is -0.395 e. The fourth-order valence-corrected chi connectivity index (χ4v) is 6.29. The number of benzene rings is 3. The van der Waals surface area contributed by atoms with Crippen LogP contribution in [0.2, 0.25) is 0 Å². The monoisotopic (exact) mass is 613 g/mol. The van der Waals surface area contributed by atoms with Gasteiger partial charge in [-0.2, -0.15) is 4.37 Å². The zero-order valence-corrected chi connectivity index (χ0v) is 25.4. The van der Waals surface area contributed by atoms with Crippen molar-refractivity contribution in [1.82, 2.24) is 15.0 Å². The highest BCUT2D eigenvalue weighted by Gasteiger charge is 2.37. The van der Waals surface area contributed by atoms with Crippen LogP contribution in [0, 0.1) is 12.7 Å². The van der Waals surface area contributed by atoms with E-state index < -0.39 is 29.6 Å². The molecule has 8 nitrogen and oxygen atoms in total. The van der Waals surface area contributed by atoms with Crippen LogP contribution >= 0.6 is 11.5 Å². The lowest BCUT2D eigenvalue weighted by molar-refractivity contribution is -0.122. The Labute approximate surface area is 260 Å². The summed E-state index contributed by atoms with van der Waals surface area (Å²) in [6.45, 7) is 2.16. The van der Waals surface area contributed by atoms with Crippen molar-refractivity contribution in [2.24, 2.45) is 0 Å². The Hall–Kier alpha value is -4.57. The van der Waals surface area contributed by atoms with Crippen LogP contribution in [-0.4, -0.2) is 34.7 Å². The van der Waals surface area contributed by atoms with E-state index in [2.05, 4.69) is 15.0 Å². The fourth-order valence-electron chi connectivity index (χ4n) is 5.56. The van der Waals surface area contributed by atoms with Crippen molar-refractivity contribution in [2.45, 2.75) is 57.5 Å². The molecule has 1 heterocycles. The molecule has 44 heavy (non-hydrogen) atoms. The second kappa shape index (κ2) is 14.3. The second-order valence-electron chi connectivity index (χ2n) is 11.0. The number of nitrogens with two attached hydrogens (primary N) is 1. The molecule has 1 fully saturated rings. The van der Waals surface area contributed by atoms with E-state index in [1.54, 1.807) is 12.1 Å². The maximum Gasteiger partial charge on any atom is 0.273 e. The van der Waals surface area contributed by atoms with Crippen molar-refractivity contribution >= 4 is 40.6 Å². The van der Waals surface area contributed by atoms with Gasteiger partial charge in [-0.05, 0) is 72.6 Å². The number of amides is 3. The Morgan fingerprint density at radius 2 is 1.66 bits per heavy atom. The summed E-state index contributed by atoms with van der Waals surface area (Å²) in [6, 6.07) is 21.3. The molecule has 0 bridgehead atoms. The van der Waals surface area contributed by atoms with Gasteiger partial charge in [-0.1, -0.05) is 79.9 Å². The molecule has 3 aromatic carbocycles. The Morgan fingerprint density at radius 1 is 0.977 bits per heavy atom. The molecule has 3 amide bonds. The summed E-state index contributed by atoms with van der Waals surface area (Å²) in [6.07, 6.45) is 5.61. The van der Waals surface area contributed by atoms with Gasteiger partial charge in [0, 0.05) is 18.3 Å². The summed E-state index contributed by atoms with van der Waals surface area (Å²) in [5.41, 5.74) is 9.08. The molecular weight excluding hydrogens is 577 g/mol. The Kier molecular flexibility index (Phi) is 10.0. The smallest absolute Gasteiger partial charge is 0.273 e. The molecule has 1 atom stereocenters. The number of carbonyl (C=O) groups excluding carboxylic acids is 3. The summed E-state index contributed by atoms with van der Waals surface area (Å²) >= 11 is 0.827. The SMILES string of the molecule is Cc1ccccc1N(C(=O)c1snc(C(=O)NC2CCCCC2)c1N)[C@@H](C(=O)NCCc1ccccc1)c1ccc(F)cc1. The predicted octanol–water partition coefficient (Wildman–Crippen LogP) is 5.98. The Bertz CT molecular complexity index is 1600. The molecule has 1 aromatic heterocycles. The Balaban J connectivity index is 1.50. The van der Waals surface area contributed by atoms with Gasteiger partial charge in [-0.15, -0.1) is 0 Å². The molecule has 0 spiro atoms. The number of anilines is 2. The maximum atomic E-state index is 14.5. The topological polar surface area (TPSA) is 117 Å². The summed E-state index contributed by atoms with van der Waals surface area (Å²) in [5, 5.41) is 5.98. The number of hydrogen-bond acceptors (Lipinski definition) is 6. The number of carbonyl (C=O) groups is 3. The van der Waals surface area contributed by atoms with E-state index in [1.165, 1.54) is 29.2 Å². The first kappa shape index (κ1) is 30.9. The largest absolute Gasteiger partial charge is 0.395 e. The van der Waals surface area contributed by atoms with Gasteiger partial charge in [-0.25, -0.2) is 4.39 Å². The van der Waals surface area contributed by atoms with Crippen molar-refractivity contribution in [3.8, 4) is 0 Å². The normalized spacial score (nSPS) is 14.0. The highest BCUT2D eigenvalue weighted by Crippen LogP contribution is 2.35. The van der Waals surface area contributed by atoms with E-state index >= 15 is 0 Å². The lowest BCUT2D eigenvalue weighted by Crippen LogP contribution is -2.44. The number of nitrogens with one attached hydrogen (secondary N) is 2. The molecule has 228 valence electrons. The minimum atomic E-state index is -1.17. The van der Waals surface area contributed by atoms with Gasteiger partial charge in [0.05, 0.1) is 5.69 Å². The zero-order valence-electron chi connectivity index (χ0n) is 24.6. The lowest BCUT2D eigenvalue weighted by Gasteiger charge is -2.32. The van der Waals surface area contributed by atoms with Crippen LogP contribution in [0.15, 0.2) is 78.9 Å². The quantitative estimate of drug-likeness (QED) is 0.203. The number of para-hydroxylation sites is 1. The van der Waals surface area contributed by atoms with Crippen LogP contribution in [0.5, 0.6) is 0 Å². The highest BCUT2D eigenvalue weighted by molar-refractivity contribution is 7.09. The number of hydrogen-bond donors (Lipinski definition) is 3. The molecule has 5 rings (SSSR count). The molecule has 1 aliphatic carbocycles. The minimum absolute atomic E-state index is 0.000646. The van der Waals surface area contributed by atoms with Gasteiger partial charge in [-0.3, -0.25) is 19.3 Å². The van der Waals surface area contributed by atoms with E-state index in [0.717, 1.165) is 54.8 Å². The average Bonchev–Trinajstić information content (AvgIpc) is 3.43. The molecule has 0 aliphatic heterocycles. The van der Waals surface area contributed by atoms with Crippen LogP contribution < -0.4 is 21.3 Å². The molecule has 4 N–H and O–H groups in total. The third kappa shape index (κ3) is 7.14. The van der Waals surface area contributed by atoms with Crippen LogP contribution in [0.4, 0.5) is 15.8 Å². The highest BCUT2D eigenvalue weighted by atomic mass is 32.1. The Morgan fingerprint density at radius 3 is 2.36 bits per heavy atom. The molecule has 0 unspecified atom stereocenters. The second-order valence-corrected chi connectivity index (χ2v) is 11.8. The van der Waals surface area contributed by atoms with Crippen molar-refractivity contribution in [3.05, 3.63) is 112 Å². The third-order valence-corrected chi connectivity index (χ3v) is 8.77. The first-order valence-corrected chi connectivity index (χ1v) is 15.6. The number of aryl methyl sites for hydroxylation is 1. The predicted molar refractivity (Wildman–Crippen MR) is 171 cm³/mol. The summed E-state index contributed by atoms with van der Waals surface area (Å²) in [7, 11) is 0. The average molecular weight is 614 g/mol. The number of nitrogen functional groups attached to an aromatic ring is 1. The molecule has 4 aromatic rings. The first-order valence-electron chi connectivity index (χ1n) is 14.9. The third-order valence-electron chi connectivity index (χ3n) is 7.92. The van der Waals surface area contributed by atoms with Gasteiger partial charge in [0.15, 0.2) is 5.69 Å². The molecule has 1 aliphatic rings. The maximum absolute atomic E-state index is 14.5. The van der Waals surface area contributed by atoms with E-state index in [4.69, 9.17) is 5.73 Å². The molecule has 10 heteroatoms. The number of nitrogens with zero attached hydrogens (tertiary/aromatic N) is 2. The van der Waals surface area contributed by atoms with Gasteiger partial charge in [0.2, 0.25) is 5.91 Å². The summed E-state index contributed by atoms with van der Waals surface area (Å²) in [4.78, 5) is 43.0. The van der Waals surface area contributed by atoms with E-state index in [-0.39, 0.29) is 22.3 Å². The lowest BCUT2D eigenvalue weighted by atomic mass is 9.95. The van der Waals surface area contributed by atoms with E-state index in [0.29, 0.717) is 24.2 Å². The standard InChI is InChI=1S/C34H36FN5O3S/c1-22-10-8-9-15-27(22)40(34(43)31-28(36)29(39-44-31)32(41)38-26-13-6-3-7-14-26)30(24-16-18-25(35)19-17-24)33(42)37-21-20-23-11-4-2-5-12-23/h2,4-5,8-12,15-19,26,30H,3,6-7,13-14,20-21,36H2,1H3,(H,37,42)(H,38,41)/t30-/m1/s1. The van der Waals surface area contributed by atoms with Gasteiger partial charge in [0.1, 0.15) is 16.7 Å². The first-order chi connectivity index (χ1) is 21.3. The number of aromatic nitrogens is 1. The van der Waals surface area contributed by atoms with Crippen molar-refractivity contribution in [3.63, 3.8) is 0 Å². The van der Waals surface area contributed by atoms with Crippen LogP contribution in [0.1, 0.15) is 75.0 Å². The number of rotatable bonds is 10. The van der Waals surface area contributed by atoms with Crippen molar-refractivity contribution in [2.75, 3.05) is 17.2 Å². The fraction of sp³-hybridized carbons (Fsp3) is 0.294. The van der Waals surface area contributed by atoms with Crippen LogP contribution in [0.3, 0.4) is 0 Å². The molecular formula is C34H36FN5O3S. The van der Waals surface area contributed by atoms with E-state index in [1.807, 2.05) is 49.4 Å². The molecule has 0 radical (unpaired) electrons. The van der Waals surface area contributed by atoms with Crippen molar-refractivity contribution < 1.29 is 18.8 Å². The zero-order chi connectivity index (χ0) is 31.1. The molecule has 0 saturated heterocycles. The number of halogens is 1. The van der Waals surface area contributed by atoms with Crippen molar-refractivity contribution in [1.29, 1.82) is 0 Å². The summed E-state index contributed by atoms with van der Waals surface area (Å²) in [5.74, 6) is -1.91. The summed E-state index contributed by atoms with van der Waals surface area (Å²) < 4.78 is 18.3. The van der Waals surface area contributed by atoms with Crippen LogP contribution in [0.25, 0.3) is 0 Å². The van der Waals surface area contributed by atoms with Crippen LogP contribution in [-0.2, 0) is 11.2 Å².